The van der Waals surface area contributed by atoms with Gasteiger partial charge < -0.3 is 0 Å². The molecule has 0 aromatic heterocycles. The highest BCUT2D eigenvalue weighted by atomic mass is 14.2. The van der Waals surface area contributed by atoms with E-state index >= 15 is 0 Å². The molecule has 0 saturated carbocycles. The molecule has 0 fully saturated rings. The van der Waals surface area contributed by atoms with Gasteiger partial charge in [-0.15, -0.1) is 0 Å². The van der Waals surface area contributed by atoms with Crippen LogP contribution in [0.4, 0.5) is 0 Å². The van der Waals surface area contributed by atoms with E-state index in [1.807, 2.05) is 0 Å². The quantitative estimate of drug-likeness (QED) is 0.162. The Labute approximate surface area is 314 Å². The van der Waals surface area contributed by atoms with Crippen molar-refractivity contribution in [3.63, 3.8) is 0 Å². The van der Waals surface area contributed by atoms with Gasteiger partial charge >= 0.3 is 0 Å². The Bertz CT molecular complexity index is 2990. The maximum absolute atomic E-state index is 2.36. The minimum Gasteiger partial charge on any atom is -0.0616 e. The molecular weight excluding hydrogens is 649 g/mol. The average Bonchev–Trinajstić information content (AvgIpc) is 3.25. The Balaban J connectivity index is 1.19. The van der Waals surface area contributed by atoms with Gasteiger partial charge in [0.1, 0.15) is 0 Å². The highest BCUT2D eigenvalue weighted by molar-refractivity contribution is 6.26. The molecule has 11 aromatic rings. The number of benzene rings is 11. The van der Waals surface area contributed by atoms with Crippen LogP contribution in [0, 0.1) is 0 Å². The van der Waals surface area contributed by atoms with Crippen molar-refractivity contribution >= 4 is 64.6 Å². The Morgan fingerprint density at radius 1 is 0.148 bits per heavy atom. The van der Waals surface area contributed by atoms with Gasteiger partial charge in [-0.1, -0.05) is 206 Å². The lowest BCUT2D eigenvalue weighted by molar-refractivity contribution is 1.66. The summed E-state index contributed by atoms with van der Waals surface area (Å²) >= 11 is 0. The Kier molecular flexibility index (Phi) is 6.97. The van der Waals surface area contributed by atoms with Gasteiger partial charge in [0, 0.05) is 0 Å². The summed E-state index contributed by atoms with van der Waals surface area (Å²) in [7, 11) is 0. The number of fused-ring (bicyclic) bond motifs is 6. The van der Waals surface area contributed by atoms with Crippen LogP contribution in [-0.4, -0.2) is 0 Å². The summed E-state index contributed by atoms with van der Waals surface area (Å²) in [6, 6.07) is 76.1. The molecule has 11 rings (SSSR count). The fourth-order valence-electron chi connectivity index (χ4n) is 9.13. The molecule has 0 aliphatic rings. The predicted molar refractivity (Wildman–Crippen MR) is 233 cm³/mol. The van der Waals surface area contributed by atoms with E-state index in [-0.39, 0.29) is 0 Å². The zero-order valence-electron chi connectivity index (χ0n) is 29.6. The first kappa shape index (κ1) is 30.6. The van der Waals surface area contributed by atoms with Crippen molar-refractivity contribution in [1.82, 2.24) is 0 Å². The molecule has 0 N–H and O–H groups in total. The molecule has 0 spiro atoms. The van der Waals surface area contributed by atoms with Crippen LogP contribution in [0.2, 0.25) is 0 Å². The van der Waals surface area contributed by atoms with Gasteiger partial charge in [-0.05, 0) is 109 Å². The van der Waals surface area contributed by atoms with Crippen molar-refractivity contribution in [2.45, 2.75) is 0 Å². The molecule has 0 saturated heterocycles. The predicted octanol–water partition coefficient (Wildman–Crippen LogP) is 15.3. The van der Waals surface area contributed by atoms with E-state index in [1.165, 1.54) is 109 Å². The second-order valence-corrected chi connectivity index (χ2v) is 14.3. The minimum absolute atomic E-state index is 1.25. The monoisotopic (exact) mass is 682 g/mol. The fraction of sp³-hybridized carbons (Fsp3) is 0. The zero-order chi connectivity index (χ0) is 35.6. The third kappa shape index (κ3) is 4.64. The second-order valence-electron chi connectivity index (χ2n) is 14.3. The first-order valence-electron chi connectivity index (χ1n) is 18.8. The van der Waals surface area contributed by atoms with Crippen LogP contribution < -0.4 is 0 Å². The van der Waals surface area contributed by atoms with Crippen LogP contribution in [0.5, 0.6) is 0 Å². The number of rotatable bonds is 4. The zero-order valence-corrected chi connectivity index (χ0v) is 29.6. The first-order valence-corrected chi connectivity index (χ1v) is 18.8. The normalized spacial score (nSPS) is 11.7. The van der Waals surface area contributed by atoms with E-state index in [4.69, 9.17) is 0 Å². The van der Waals surface area contributed by atoms with Crippen molar-refractivity contribution < 1.29 is 0 Å². The van der Waals surface area contributed by atoms with E-state index in [0.717, 1.165) is 0 Å². The third-order valence-electron chi connectivity index (χ3n) is 11.5. The van der Waals surface area contributed by atoms with E-state index in [0.29, 0.717) is 0 Å². The van der Waals surface area contributed by atoms with E-state index in [1.54, 1.807) is 0 Å². The van der Waals surface area contributed by atoms with Gasteiger partial charge in [0.2, 0.25) is 0 Å². The molecule has 0 aliphatic heterocycles. The number of hydrogen-bond acceptors (Lipinski definition) is 0. The van der Waals surface area contributed by atoms with E-state index in [9.17, 15) is 0 Å². The van der Waals surface area contributed by atoms with Crippen LogP contribution in [-0.2, 0) is 0 Å². The van der Waals surface area contributed by atoms with Gasteiger partial charge in [0.05, 0.1) is 0 Å². The first-order chi connectivity index (χ1) is 26.8. The Morgan fingerprint density at radius 2 is 0.389 bits per heavy atom. The molecule has 0 bridgehead atoms. The molecule has 0 atom stereocenters. The second kappa shape index (κ2) is 12.3. The highest BCUT2D eigenvalue weighted by Crippen LogP contribution is 2.49. The lowest BCUT2D eigenvalue weighted by Crippen LogP contribution is -1.94. The Morgan fingerprint density at radius 3 is 0.759 bits per heavy atom. The highest BCUT2D eigenvalue weighted by Gasteiger charge is 2.21. The SMILES string of the molecule is c1ccc2c(-c3ccc(-c4c5ccccc5c(-c5ccc(-c6cccc7ccccc67)c6ccccc56)c5ccccc45)c4ccccc34)cccc2c1. The summed E-state index contributed by atoms with van der Waals surface area (Å²) in [5, 5.41) is 15.2. The largest absolute Gasteiger partial charge is 0.0616 e. The van der Waals surface area contributed by atoms with Crippen molar-refractivity contribution in [3.8, 4) is 44.5 Å². The van der Waals surface area contributed by atoms with Gasteiger partial charge in [0.25, 0.3) is 0 Å². The molecule has 250 valence electrons. The van der Waals surface area contributed by atoms with Crippen molar-refractivity contribution in [3.05, 3.63) is 206 Å². The molecular formula is C54H34. The topological polar surface area (TPSA) is 0 Å². The summed E-state index contributed by atoms with van der Waals surface area (Å²) in [6.07, 6.45) is 0. The van der Waals surface area contributed by atoms with Crippen LogP contribution in [0.3, 0.4) is 0 Å². The van der Waals surface area contributed by atoms with Crippen LogP contribution in [0.15, 0.2) is 206 Å². The Hall–Kier alpha value is -7.02. The van der Waals surface area contributed by atoms with Crippen LogP contribution >= 0.6 is 0 Å². The van der Waals surface area contributed by atoms with Crippen molar-refractivity contribution in [2.75, 3.05) is 0 Å². The molecule has 0 radical (unpaired) electrons. The fourth-order valence-corrected chi connectivity index (χ4v) is 9.13. The minimum atomic E-state index is 1.25. The smallest absolute Gasteiger partial charge is 0.00201 e. The van der Waals surface area contributed by atoms with Crippen LogP contribution in [0.25, 0.3) is 109 Å². The molecule has 0 heteroatoms. The molecule has 0 unspecified atom stereocenters. The third-order valence-corrected chi connectivity index (χ3v) is 11.5. The summed E-state index contributed by atoms with van der Waals surface area (Å²) in [5.74, 6) is 0. The molecule has 0 heterocycles. The summed E-state index contributed by atoms with van der Waals surface area (Å²) in [6.45, 7) is 0. The van der Waals surface area contributed by atoms with E-state index < -0.39 is 0 Å². The van der Waals surface area contributed by atoms with Crippen molar-refractivity contribution in [1.29, 1.82) is 0 Å². The average molecular weight is 683 g/mol. The van der Waals surface area contributed by atoms with Gasteiger partial charge in [-0.25, -0.2) is 0 Å². The lowest BCUT2D eigenvalue weighted by atomic mass is 9.82. The van der Waals surface area contributed by atoms with Crippen molar-refractivity contribution in [2.24, 2.45) is 0 Å². The van der Waals surface area contributed by atoms with Crippen LogP contribution in [0.1, 0.15) is 0 Å². The maximum Gasteiger partial charge on any atom is -0.00201 e. The summed E-state index contributed by atoms with van der Waals surface area (Å²) in [4.78, 5) is 0. The number of hydrogen-bond donors (Lipinski definition) is 0. The lowest BCUT2D eigenvalue weighted by Gasteiger charge is -2.21. The van der Waals surface area contributed by atoms with Gasteiger partial charge in [-0.2, -0.15) is 0 Å². The molecule has 0 nitrogen and oxygen atoms in total. The standard InChI is InChI=1S/C54H34/c1-3-19-37-35(15-1)17-13-29-39(37)45-31-33-51(43-23-7-5-21-41(43)45)53-47-25-9-11-27-49(47)54(50-28-12-10-26-48(50)53)52-34-32-46(42-22-6-8-24-44(42)52)40-30-14-18-36-16-2-4-20-38(36)40/h1-34H. The molecule has 0 amide bonds. The molecule has 0 aliphatic carbocycles. The van der Waals surface area contributed by atoms with E-state index in [2.05, 4.69) is 206 Å². The summed E-state index contributed by atoms with van der Waals surface area (Å²) in [5.41, 5.74) is 10.1. The summed E-state index contributed by atoms with van der Waals surface area (Å²) < 4.78 is 0. The van der Waals surface area contributed by atoms with Gasteiger partial charge in [-0.3, -0.25) is 0 Å². The molecule has 54 heavy (non-hydrogen) atoms. The van der Waals surface area contributed by atoms with Gasteiger partial charge in [0.15, 0.2) is 0 Å². The molecule has 11 aromatic carbocycles. The maximum atomic E-state index is 2.36.